The van der Waals surface area contributed by atoms with Crippen molar-refractivity contribution in [1.82, 2.24) is 5.32 Å². The molecule has 1 heterocycles. The highest BCUT2D eigenvalue weighted by molar-refractivity contribution is 5.76. The SMILES string of the molecule is CCC(=O)NC1CCCOc2ccccc21. The minimum atomic E-state index is 0.0988. The van der Waals surface area contributed by atoms with Gasteiger partial charge in [0.25, 0.3) is 0 Å². The maximum absolute atomic E-state index is 11.5. The maximum atomic E-state index is 11.5. The first-order chi connectivity index (χ1) is 7.81. The third-order valence-corrected chi connectivity index (χ3v) is 2.85. The van der Waals surface area contributed by atoms with Crippen LogP contribution in [0.4, 0.5) is 0 Å². The van der Waals surface area contributed by atoms with Gasteiger partial charge in [-0.2, -0.15) is 0 Å². The summed E-state index contributed by atoms with van der Waals surface area (Å²) in [4.78, 5) is 11.5. The van der Waals surface area contributed by atoms with Crippen LogP contribution in [0.2, 0.25) is 0 Å². The summed E-state index contributed by atoms with van der Waals surface area (Å²) in [5, 5.41) is 3.05. The number of nitrogens with one attached hydrogen (secondary N) is 1. The van der Waals surface area contributed by atoms with Crippen molar-refractivity contribution >= 4 is 5.91 Å². The quantitative estimate of drug-likeness (QED) is 0.829. The molecule has 1 aromatic rings. The number of para-hydroxylation sites is 1. The third kappa shape index (κ3) is 2.35. The van der Waals surface area contributed by atoms with Crippen molar-refractivity contribution in [2.75, 3.05) is 6.61 Å². The fourth-order valence-electron chi connectivity index (χ4n) is 1.97. The largest absolute Gasteiger partial charge is 0.493 e. The van der Waals surface area contributed by atoms with Crippen LogP contribution < -0.4 is 10.1 Å². The zero-order valence-corrected chi connectivity index (χ0v) is 9.53. The van der Waals surface area contributed by atoms with Gasteiger partial charge in [-0.1, -0.05) is 25.1 Å². The number of carbonyl (C=O) groups is 1. The number of ether oxygens (including phenoxy) is 1. The van der Waals surface area contributed by atoms with Gasteiger partial charge in [-0.05, 0) is 18.9 Å². The summed E-state index contributed by atoms with van der Waals surface area (Å²) < 4.78 is 5.64. The van der Waals surface area contributed by atoms with E-state index in [9.17, 15) is 4.79 Å². The van der Waals surface area contributed by atoms with Crippen LogP contribution in [0, 0.1) is 0 Å². The molecule has 3 heteroatoms. The third-order valence-electron chi connectivity index (χ3n) is 2.85. The Bertz CT molecular complexity index is 376. The summed E-state index contributed by atoms with van der Waals surface area (Å²) in [6.07, 6.45) is 2.45. The molecule has 0 bridgehead atoms. The fraction of sp³-hybridized carbons (Fsp3) is 0.462. The van der Waals surface area contributed by atoms with Crippen molar-refractivity contribution in [3.63, 3.8) is 0 Å². The molecule has 16 heavy (non-hydrogen) atoms. The Hall–Kier alpha value is -1.51. The van der Waals surface area contributed by atoms with Crippen molar-refractivity contribution < 1.29 is 9.53 Å². The molecule has 1 aliphatic rings. The molecule has 3 nitrogen and oxygen atoms in total. The first-order valence-corrected chi connectivity index (χ1v) is 5.82. The van der Waals surface area contributed by atoms with E-state index >= 15 is 0 Å². The Balaban J connectivity index is 2.22. The van der Waals surface area contributed by atoms with E-state index in [0.717, 1.165) is 30.8 Å². The first-order valence-electron chi connectivity index (χ1n) is 5.82. The molecule has 0 aliphatic carbocycles. The lowest BCUT2D eigenvalue weighted by Gasteiger charge is -2.17. The van der Waals surface area contributed by atoms with Crippen LogP contribution >= 0.6 is 0 Å². The normalized spacial score (nSPS) is 19.2. The van der Waals surface area contributed by atoms with Gasteiger partial charge in [0.15, 0.2) is 0 Å². The number of amides is 1. The summed E-state index contributed by atoms with van der Waals surface area (Å²) >= 11 is 0. The van der Waals surface area contributed by atoms with Crippen molar-refractivity contribution in [2.45, 2.75) is 32.2 Å². The van der Waals surface area contributed by atoms with E-state index in [0.29, 0.717) is 6.42 Å². The number of benzene rings is 1. The highest BCUT2D eigenvalue weighted by atomic mass is 16.5. The molecule has 1 atom stereocenters. The van der Waals surface area contributed by atoms with Crippen molar-refractivity contribution in [3.05, 3.63) is 29.8 Å². The van der Waals surface area contributed by atoms with Crippen LogP contribution in [0.25, 0.3) is 0 Å². The van der Waals surface area contributed by atoms with Crippen LogP contribution in [0.1, 0.15) is 37.8 Å². The topological polar surface area (TPSA) is 38.3 Å². The smallest absolute Gasteiger partial charge is 0.220 e. The zero-order chi connectivity index (χ0) is 11.4. The lowest BCUT2D eigenvalue weighted by atomic mass is 10.0. The second kappa shape index (κ2) is 5.01. The van der Waals surface area contributed by atoms with Crippen LogP contribution in [0.15, 0.2) is 24.3 Å². The van der Waals surface area contributed by atoms with E-state index in [1.54, 1.807) is 0 Å². The second-order valence-electron chi connectivity index (χ2n) is 4.00. The molecule has 1 N–H and O–H groups in total. The Morgan fingerprint density at radius 3 is 3.12 bits per heavy atom. The molecular formula is C13H17NO2. The van der Waals surface area contributed by atoms with Crippen LogP contribution in [-0.4, -0.2) is 12.5 Å². The molecule has 0 aromatic heterocycles. The minimum absolute atomic E-state index is 0.0988. The molecule has 0 saturated heterocycles. The van der Waals surface area contributed by atoms with Gasteiger partial charge in [0, 0.05) is 12.0 Å². The van der Waals surface area contributed by atoms with E-state index < -0.39 is 0 Å². The first kappa shape index (κ1) is 11.0. The summed E-state index contributed by atoms with van der Waals surface area (Å²) in [6, 6.07) is 8.04. The molecule has 1 aromatic carbocycles. The van der Waals surface area contributed by atoms with Gasteiger partial charge in [-0.3, -0.25) is 4.79 Å². The molecule has 2 rings (SSSR count). The van der Waals surface area contributed by atoms with Gasteiger partial charge in [-0.25, -0.2) is 0 Å². The predicted molar refractivity (Wildman–Crippen MR) is 62.3 cm³/mol. The Morgan fingerprint density at radius 1 is 1.50 bits per heavy atom. The average Bonchev–Trinajstić information content (AvgIpc) is 2.52. The van der Waals surface area contributed by atoms with Gasteiger partial charge in [0.05, 0.1) is 12.6 Å². The molecule has 86 valence electrons. The molecule has 1 unspecified atom stereocenters. The van der Waals surface area contributed by atoms with Crippen molar-refractivity contribution in [1.29, 1.82) is 0 Å². The number of fused-ring (bicyclic) bond motifs is 1. The molecule has 0 spiro atoms. The van der Waals surface area contributed by atoms with Gasteiger partial charge < -0.3 is 10.1 Å². The zero-order valence-electron chi connectivity index (χ0n) is 9.53. The predicted octanol–water partition coefficient (Wildman–Crippen LogP) is 2.43. The summed E-state index contributed by atoms with van der Waals surface area (Å²) in [5.74, 6) is 1.00. The Kier molecular flexibility index (Phi) is 3.44. The minimum Gasteiger partial charge on any atom is -0.493 e. The van der Waals surface area contributed by atoms with Crippen molar-refractivity contribution in [2.24, 2.45) is 0 Å². The van der Waals surface area contributed by atoms with Gasteiger partial charge in [-0.15, -0.1) is 0 Å². The van der Waals surface area contributed by atoms with Gasteiger partial charge >= 0.3 is 0 Å². The van der Waals surface area contributed by atoms with Crippen LogP contribution in [0.3, 0.4) is 0 Å². The highest BCUT2D eigenvalue weighted by Gasteiger charge is 2.20. The van der Waals surface area contributed by atoms with Crippen LogP contribution in [-0.2, 0) is 4.79 Å². The second-order valence-corrected chi connectivity index (χ2v) is 4.00. The molecule has 1 amide bonds. The Morgan fingerprint density at radius 2 is 2.31 bits per heavy atom. The van der Waals surface area contributed by atoms with E-state index in [2.05, 4.69) is 5.32 Å². The lowest BCUT2D eigenvalue weighted by Crippen LogP contribution is -2.27. The van der Waals surface area contributed by atoms with E-state index in [1.165, 1.54) is 0 Å². The summed E-state index contributed by atoms with van der Waals surface area (Å²) in [7, 11) is 0. The standard InChI is InChI=1S/C13H17NO2/c1-2-13(15)14-11-7-5-9-16-12-8-4-3-6-10(11)12/h3-4,6,8,11H,2,5,7,9H2,1H3,(H,14,15). The lowest BCUT2D eigenvalue weighted by molar-refractivity contribution is -0.121. The number of hydrogen-bond donors (Lipinski definition) is 1. The number of carbonyl (C=O) groups excluding carboxylic acids is 1. The monoisotopic (exact) mass is 219 g/mol. The van der Waals surface area contributed by atoms with Gasteiger partial charge in [0.1, 0.15) is 5.75 Å². The average molecular weight is 219 g/mol. The molecular weight excluding hydrogens is 202 g/mol. The van der Waals surface area contributed by atoms with Gasteiger partial charge in [0.2, 0.25) is 5.91 Å². The summed E-state index contributed by atoms with van der Waals surface area (Å²) in [5.41, 5.74) is 1.10. The van der Waals surface area contributed by atoms with Crippen LogP contribution in [0.5, 0.6) is 5.75 Å². The van der Waals surface area contributed by atoms with Crippen molar-refractivity contribution in [3.8, 4) is 5.75 Å². The number of rotatable bonds is 2. The summed E-state index contributed by atoms with van der Waals surface area (Å²) in [6.45, 7) is 2.60. The molecule has 1 aliphatic heterocycles. The van der Waals surface area contributed by atoms with E-state index in [1.807, 2.05) is 31.2 Å². The molecule has 0 radical (unpaired) electrons. The maximum Gasteiger partial charge on any atom is 0.220 e. The highest BCUT2D eigenvalue weighted by Crippen LogP contribution is 2.30. The molecule has 0 fully saturated rings. The van der Waals surface area contributed by atoms with E-state index in [4.69, 9.17) is 4.74 Å². The fourth-order valence-corrected chi connectivity index (χ4v) is 1.97. The van der Waals surface area contributed by atoms with E-state index in [-0.39, 0.29) is 11.9 Å². The molecule has 0 saturated carbocycles. The number of hydrogen-bond acceptors (Lipinski definition) is 2. The Labute approximate surface area is 95.8 Å².